The van der Waals surface area contributed by atoms with Crippen molar-refractivity contribution in [1.29, 1.82) is 0 Å². The van der Waals surface area contributed by atoms with Crippen molar-refractivity contribution in [3.63, 3.8) is 0 Å². The molecule has 0 bridgehead atoms. The monoisotopic (exact) mass is 790 g/mol. The maximum Gasteiger partial charge on any atom is 0.519 e. The molecule has 1 aliphatic carbocycles. The number of benzene rings is 5. The normalized spacial score (nSPS) is 14.4. The SMILES string of the molecule is COc1cc(C2(c3ccc(C)c(OC(=O)Oc4ccccc4CCC[Si](C)(O[Si](C)(C)C)O[Si](C)(C)OC)c3)c3ccccc3-c3ccccc32)ccc1C. The number of para-hydroxylation sites is 1. The third-order valence-corrected chi connectivity index (χ3v) is 20.4. The number of carbonyl (C=O) groups excluding carboxylic acids is 1. The zero-order chi connectivity index (χ0) is 39.6. The maximum atomic E-state index is 13.7. The Balaban J connectivity index is 1.29. The summed E-state index contributed by atoms with van der Waals surface area (Å²) in [6.07, 6.45) is 0.714. The molecule has 288 valence electrons. The van der Waals surface area contributed by atoms with Gasteiger partial charge in [0.2, 0.25) is 0 Å². The zero-order valence-electron chi connectivity index (χ0n) is 33.9. The highest BCUT2D eigenvalue weighted by Crippen LogP contribution is 2.57. The van der Waals surface area contributed by atoms with E-state index in [0.717, 1.165) is 57.2 Å². The van der Waals surface area contributed by atoms with E-state index in [1.54, 1.807) is 14.2 Å². The molecule has 0 aliphatic heterocycles. The second kappa shape index (κ2) is 16.0. The van der Waals surface area contributed by atoms with Gasteiger partial charge in [0.1, 0.15) is 17.2 Å². The minimum Gasteiger partial charge on any atom is -0.496 e. The minimum absolute atomic E-state index is 0.438. The Kier molecular flexibility index (Phi) is 11.8. The number of ether oxygens (including phenoxy) is 3. The van der Waals surface area contributed by atoms with Crippen molar-refractivity contribution in [2.75, 3.05) is 14.2 Å². The number of rotatable bonds is 14. The van der Waals surface area contributed by atoms with Gasteiger partial charge in [0.05, 0.1) is 12.5 Å². The van der Waals surface area contributed by atoms with Crippen LogP contribution in [-0.4, -0.2) is 45.8 Å². The summed E-state index contributed by atoms with van der Waals surface area (Å²) in [4.78, 5) is 13.7. The minimum atomic E-state index is -2.54. The van der Waals surface area contributed by atoms with Crippen LogP contribution in [0.4, 0.5) is 4.79 Å². The molecular weight excluding hydrogens is 737 g/mol. The first kappa shape index (κ1) is 40.4. The van der Waals surface area contributed by atoms with Crippen molar-refractivity contribution >= 4 is 31.6 Å². The molecule has 1 unspecified atom stereocenters. The second-order valence-electron chi connectivity index (χ2n) is 16.0. The molecule has 0 N–H and O–H groups in total. The molecular formula is C45H54O7Si3. The molecule has 55 heavy (non-hydrogen) atoms. The van der Waals surface area contributed by atoms with Gasteiger partial charge >= 0.3 is 23.3 Å². The molecule has 0 saturated heterocycles. The summed E-state index contributed by atoms with van der Waals surface area (Å²) in [6, 6.07) is 38.1. The molecule has 0 radical (unpaired) electrons. The molecule has 0 amide bonds. The summed E-state index contributed by atoms with van der Waals surface area (Å²) in [6.45, 7) is 16.8. The Hall–Kier alpha value is -4.30. The number of aryl methyl sites for hydroxylation is 3. The van der Waals surface area contributed by atoms with E-state index >= 15 is 0 Å². The summed E-state index contributed by atoms with van der Waals surface area (Å²) in [5, 5.41) is 0. The molecule has 6 rings (SSSR count). The van der Waals surface area contributed by atoms with Gasteiger partial charge in [-0.2, -0.15) is 0 Å². The molecule has 0 heterocycles. The van der Waals surface area contributed by atoms with Gasteiger partial charge in [-0.15, -0.1) is 0 Å². The molecule has 0 fully saturated rings. The van der Waals surface area contributed by atoms with Gasteiger partial charge in [0, 0.05) is 7.11 Å². The predicted octanol–water partition coefficient (Wildman–Crippen LogP) is 11.5. The summed E-state index contributed by atoms with van der Waals surface area (Å²) in [5.41, 5.74) is 8.78. The van der Waals surface area contributed by atoms with Crippen molar-refractivity contribution in [3.05, 3.63) is 148 Å². The quantitative estimate of drug-likeness (QED) is 0.0618. The third-order valence-electron chi connectivity index (χ3n) is 10.3. The van der Waals surface area contributed by atoms with Crippen molar-refractivity contribution in [2.45, 2.75) is 77.4 Å². The van der Waals surface area contributed by atoms with Crippen LogP contribution in [0.15, 0.2) is 109 Å². The van der Waals surface area contributed by atoms with Crippen LogP contribution in [0.1, 0.15) is 45.4 Å². The lowest BCUT2D eigenvalue weighted by atomic mass is 9.67. The van der Waals surface area contributed by atoms with Crippen LogP contribution in [0.25, 0.3) is 11.1 Å². The number of hydrogen-bond acceptors (Lipinski definition) is 7. The van der Waals surface area contributed by atoms with Crippen LogP contribution in [0, 0.1) is 13.8 Å². The Labute approximate surface area is 330 Å². The smallest absolute Gasteiger partial charge is 0.496 e. The highest BCUT2D eigenvalue weighted by molar-refractivity contribution is 6.86. The lowest BCUT2D eigenvalue weighted by Gasteiger charge is -2.38. The molecule has 0 saturated carbocycles. The van der Waals surface area contributed by atoms with Crippen LogP contribution in [0.3, 0.4) is 0 Å². The van der Waals surface area contributed by atoms with E-state index < -0.39 is 37.0 Å². The van der Waals surface area contributed by atoms with Crippen LogP contribution >= 0.6 is 0 Å². The molecule has 5 aromatic rings. The molecule has 1 atom stereocenters. The fourth-order valence-electron chi connectivity index (χ4n) is 7.96. The Morgan fingerprint density at radius 2 is 1.15 bits per heavy atom. The fourth-order valence-corrected chi connectivity index (χ4v) is 19.8. The second-order valence-corrected chi connectivity index (χ2v) is 27.8. The highest BCUT2D eigenvalue weighted by atomic mass is 28.5. The van der Waals surface area contributed by atoms with Crippen LogP contribution in [-0.2, 0) is 24.5 Å². The maximum absolute atomic E-state index is 13.7. The summed E-state index contributed by atoms with van der Waals surface area (Å²) < 4.78 is 37.0. The molecule has 7 nitrogen and oxygen atoms in total. The summed E-state index contributed by atoms with van der Waals surface area (Å²) in [7, 11) is -3.33. The summed E-state index contributed by atoms with van der Waals surface area (Å²) >= 11 is 0. The number of hydrogen-bond donors (Lipinski definition) is 0. The summed E-state index contributed by atoms with van der Waals surface area (Å²) in [5.74, 6) is 1.73. The average Bonchev–Trinajstić information content (AvgIpc) is 3.43. The van der Waals surface area contributed by atoms with E-state index in [1.807, 2.05) is 43.3 Å². The van der Waals surface area contributed by atoms with Gasteiger partial charge in [0.25, 0.3) is 0 Å². The van der Waals surface area contributed by atoms with Crippen molar-refractivity contribution in [3.8, 4) is 28.4 Å². The van der Waals surface area contributed by atoms with Crippen molar-refractivity contribution in [1.82, 2.24) is 0 Å². The Morgan fingerprint density at radius 3 is 1.73 bits per heavy atom. The lowest BCUT2D eigenvalue weighted by Crippen LogP contribution is -2.54. The van der Waals surface area contributed by atoms with Crippen molar-refractivity contribution < 1.29 is 31.7 Å². The highest BCUT2D eigenvalue weighted by Gasteiger charge is 2.47. The number of fused-ring (bicyclic) bond motifs is 3. The van der Waals surface area contributed by atoms with Gasteiger partial charge in [-0.1, -0.05) is 91.0 Å². The fraction of sp³-hybridized carbons (Fsp3) is 0.311. The van der Waals surface area contributed by atoms with E-state index in [-0.39, 0.29) is 0 Å². The van der Waals surface area contributed by atoms with Crippen molar-refractivity contribution in [2.24, 2.45) is 0 Å². The Bertz CT molecular complexity index is 2130. The van der Waals surface area contributed by atoms with Gasteiger partial charge < -0.3 is 26.9 Å². The van der Waals surface area contributed by atoms with Crippen LogP contribution in [0.2, 0.25) is 45.3 Å². The standard InChI is InChI=1S/C45H54O7Si3/c1-32-25-27-35(30-42(32)47-3)45(39-22-14-12-20-37(39)38-21-13-15-23-40(38)45)36-28-26-33(2)43(31-36)50-44(46)49-41-24-16-11-18-34(41)19-17-29-55(10,51-53(5,6)7)52-54(8,9)48-4/h11-16,18,20-28,30-31H,17,19,29H2,1-10H3. The zero-order valence-corrected chi connectivity index (χ0v) is 36.9. The molecule has 10 heteroatoms. The average molecular weight is 791 g/mol. The molecule has 5 aromatic carbocycles. The predicted molar refractivity (Wildman–Crippen MR) is 228 cm³/mol. The lowest BCUT2D eigenvalue weighted by molar-refractivity contribution is 0.151. The van der Waals surface area contributed by atoms with Gasteiger partial charge in [-0.25, -0.2) is 4.79 Å². The van der Waals surface area contributed by atoms with E-state index in [2.05, 4.69) is 119 Å². The number of methoxy groups -OCH3 is 1. The van der Waals surface area contributed by atoms with Gasteiger partial charge in [-0.05, 0) is 140 Å². The third kappa shape index (κ3) is 8.60. The first-order chi connectivity index (χ1) is 26.1. The molecule has 1 aliphatic rings. The first-order valence-corrected chi connectivity index (χ1v) is 27.7. The van der Waals surface area contributed by atoms with E-state index in [0.29, 0.717) is 17.9 Å². The van der Waals surface area contributed by atoms with Gasteiger partial charge in [-0.3, -0.25) is 0 Å². The van der Waals surface area contributed by atoms with E-state index in [9.17, 15) is 4.79 Å². The topological polar surface area (TPSA) is 72.5 Å². The largest absolute Gasteiger partial charge is 0.519 e. The molecule has 0 spiro atoms. The van der Waals surface area contributed by atoms with E-state index in [4.69, 9.17) is 26.9 Å². The Morgan fingerprint density at radius 1 is 0.618 bits per heavy atom. The first-order valence-electron chi connectivity index (χ1n) is 19.0. The van der Waals surface area contributed by atoms with Crippen LogP contribution < -0.4 is 14.2 Å². The van der Waals surface area contributed by atoms with Gasteiger partial charge in [0.15, 0.2) is 8.32 Å². The molecule has 0 aromatic heterocycles. The van der Waals surface area contributed by atoms with Crippen LogP contribution in [0.5, 0.6) is 17.2 Å². The van der Waals surface area contributed by atoms with E-state index in [1.165, 1.54) is 11.1 Å². The number of carbonyl (C=O) groups is 1.